The number of amides is 1. The second-order valence-corrected chi connectivity index (χ2v) is 5.71. The molecular weight excluding hydrogens is 257 g/mol. The van der Waals surface area contributed by atoms with Crippen LogP contribution in [0.25, 0.3) is 0 Å². The van der Waals surface area contributed by atoms with Gasteiger partial charge in [0.05, 0.1) is 0 Å². The Labute approximate surface area is 112 Å². The van der Waals surface area contributed by atoms with Crippen LogP contribution >= 0.6 is 0 Å². The number of hydrogen-bond donors (Lipinski definition) is 2. The number of carbonyl (C=O) groups is 1. The van der Waals surface area contributed by atoms with Gasteiger partial charge in [-0.05, 0) is 31.1 Å². The molecule has 3 nitrogen and oxygen atoms in total. The Morgan fingerprint density at radius 3 is 2.47 bits per heavy atom. The highest BCUT2D eigenvalue weighted by atomic mass is 19.4. The molecule has 0 aliphatic heterocycles. The monoisotopic (exact) mass is 280 g/mol. The molecule has 0 saturated heterocycles. The van der Waals surface area contributed by atoms with E-state index in [-0.39, 0.29) is 36.8 Å². The maximum atomic E-state index is 12.0. The molecule has 0 radical (unpaired) electrons. The molecule has 1 rings (SSSR count). The SMILES string of the molecule is CC1CC(C)C(C(=O)NCCCC(F)(F)F)CC1N. The number of hydrogen-bond acceptors (Lipinski definition) is 2. The lowest BCUT2D eigenvalue weighted by Crippen LogP contribution is -2.45. The zero-order chi connectivity index (χ0) is 14.6. The van der Waals surface area contributed by atoms with Gasteiger partial charge in [-0.1, -0.05) is 13.8 Å². The summed E-state index contributed by atoms with van der Waals surface area (Å²) in [6.07, 6.45) is -3.57. The van der Waals surface area contributed by atoms with Gasteiger partial charge in [-0.15, -0.1) is 0 Å². The summed E-state index contributed by atoms with van der Waals surface area (Å²) in [5.74, 6) is 0.302. The third-order valence-electron chi connectivity index (χ3n) is 3.96. The van der Waals surface area contributed by atoms with E-state index < -0.39 is 12.6 Å². The molecule has 0 aromatic carbocycles. The van der Waals surface area contributed by atoms with E-state index in [9.17, 15) is 18.0 Å². The first-order chi connectivity index (χ1) is 8.70. The highest BCUT2D eigenvalue weighted by Crippen LogP contribution is 2.32. The van der Waals surface area contributed by atoms with E-state index in [0.29, 0.717) is 12.3 Å². The van der Waals surface area contributed by atoms with Gasteiger partial charge < -0.3 is 11.1 Å². The van der Waals surface area contributed by atoms with Crippen LogP contribution in [0.1, 0.15) is 39.5 Å². The van der Waals surface area contributed by atoms with Crippen molar-refractivity contribution < 1.29 is 18.0 Å². The van der Waals surface area contributed by atoms with Crippen LogP contribution in [0.5, 0.6) is 0 Å². The molecule has 1 aliphatic rings. The van der Waals surface area contributed by atoms with Gasteiger partial charge in [0.15, 0.2) is 0 Å². The average molecular weight is 280 g/mol. The molecular formula is C13H23F3N2O. The molecule has 1 saturated carbocycles. The van der Waals surface area contributed by atoms with E-state index in [1.165, 1.54) is 0 Å². The van der Waals surface area contributed by atoms with Gasteiger partial charge in [0.1, 0.15) is 0 Å². The molecule has 6 heteroatoms. The molecule has 0 spiro atoms. The molecule has 0 aromatic heterocycles. The standard InChI is InChI=1S/C13H23F3N2O/c1-8-6-9(2)11(17)7-10(8)12(19)18-5-3-4-13(14,15)16/h8-11H,3-7,17H2,1-2H3,(H,18,19). The molecule has 0 aromatic rings. The van der Waals surface area contributed by atoms with Crippen molar-refractivity contribution in [3.8, 4) is 0 Å². The Hall–Kier alpha value is -0.780. The summed E-state index contributed by atoms with van der Waals surface area (Å²) in [5.41, 5.74) is 5.95. The van der Waals surface area contributed by atoms with Crippen molar-refractivity contribution in [3.05, 3.63) is 0 Å². The van der Waals surface area contributed by atoms with Crippen molar-refractivity contribution >= 4 is 5.91 Å². The summed E-state index contributed by atoms with van der Waals surface area (Å²) in [6.45, 7) is 4.15. The number of rotatable bonds is 4. The smallest absolute Gasteiger partial charge is 0.356 e. The highest BCUT2D eigenvalue weighted by Gasteiger charge is 2.35. The predicted octanol–water partition coefficient (Wildman–Crippen LogP) is 2.45. The van der Waals surface area contributed by atoms with Gasteiger partial charge in [0, 0.05) is 24.9 Å². The fourth-order valence-electron chi connectivity index (χ4n) is 2.68. The summed E-state index contributed by atoms with van der Waals surface area (Å²) in [7, 11) is 0. The van der Waals surface area contributed by atoms with Crippen molar-refractivity contribution in [2.24, 2.45) is 23.5 Å². The van der Waals surface area contributed by atoms with Crippen molar-refractivity contribution in [3.63, 3.8) is 0 Å². The van der Waals surface area contributed by atoms with Crippen LogP contribution in [0.15, 0.2) is 0 Å². The topological polar surface area (TPSA) is 55.1 Å². The Morgan fingerprint density at radius 2 is 1.89 bits per heavy atom. The van der Waals surface area contributed by atoms with Gasteiger partial charge >= 0.3 is 6.18 Å². The van der Waals surface area contributed by atoms with Crippen LogP contribution in [-0.2, 0) is 4.79 Å². The van der Waals surface area contributed by atoms with Crippen molar-refractivity contribution in [2.45, 2.75) is 51.7 Å². The number of alkyl halides is 3. The van der Waals surface area contributed by atoms with E-state index in [2.05, 4.69) is 12.2 Å². The molecule has 4 atom stereocenters. The largest absolute Gasteiger partial charge is 0.389 e. The van der Waals surface area contributed by atoms with Gasteiger partial charge in [0.25, 0.3) is 0 Å². The van der Waals surface area contributed by atoms with E-state index in [4.69, 9.17) is 5.73 Å². The van der Waals surface area contributed by atoms with Crippen LogP contribution in [0.3, 0.4) is 0 Å². The van der Waals surface area contributed by atoms with Crippen LogP contribution in [0.2, 0.25) is 0 Å². The summed E-state index contributed by atoms with van der Waals surface area (Å²) >= 11 is 0. The van der Waals surface area contributed by atoms with Crippen LogP contribution in [-0.4, -0.2) is 24.7 Å². The molecule has 0 bridgehead atoms. The number of nitrogens with two attached hydrogens (primary N) is 1. The second-order valence-electron chi connectivity index (χ2n) is 5.71. The van der Waals surface area contributed by atoms with Crippen molar-refractivity contribution in [1.29, 1.82) is 0 Å². The van der Waals surface area contributed by atoms with Crippen molar-refractivity contribution in [2.75, 3.05) is 6.54 Å². The fourth-order valence-corrected chi connectivity index (χ4v) is 2.68. The minimum absolute atomic E-state index is 0.00197. The van der Waals surface area contributed by atoms with E-state index in [1.54, 1.807) is 0 Å². The zero-order valence-electron chi connectivity index (χ0n) is 11.5. The molecule has 4 unspecified atom stereocenters. The second kappa shape index (κ2) is 6.59. The first-order valence-electron chi connectivity index (χ1n) is 6.80. The van der Waals surface area contributed by atoms with E-state index in [1.807, 2.05) is 6.92 Å². The molecule has 1 amide bonds. The predicted molar refractivity (Wildman–Crippen MR) is 67.3 cm³/mol. The van der Waals surface area contributed by atoms with Gasteiger partial charge in [-0.2, -0.15) is 13.2 Å². The zero-order valence-corrected chi connectivity index (χ0v) is 11.5. The normalized spacial score (nSPS) is 32.1. The third kappa shape index (κ3) is 5.38. The van der Waals surface area contributed by atoms with Gasteiger partial charge in [0.2, 0.25) is 5.91 Å². The minimum Gasteiger partial charge on any atom is -0.356 e. The van der Waals surface area contributed by atoms with Crippen LogP contribution in [0.4, 0.5) is 13.2 Å². The summed E-state index contributed by atoms with van der Waals surface area (Å²) in [5, 5.41) is 2.60. The Kier molecular flexibility index (Phi) is 5.64. The highest BCUT2D eigenvalue weighted by molar-refractivity contribution is 5.79. The molecule has 1 fully saturated rings. The fraction of sp³-hybridized carbons (Fsp3) is 0.923. The van der Waals surface area contributed by atoms with Crippen LogP contribution < -0.4 is 11.1 Å². The number of halogens is 3. The Balaban J connectivity index is 2.33. The maximum absolute atomic E-state index is 12.0. The Bertz CT molecular complexity index is 307. The van der Waals surface area contributed by atoms with Gasteiger partial charge in [-0.3, -0.25) is 4.79 Å². The summed E-state index contributed by atoms with van der Waals surface area (Å²) in [4.78, 5) is 11.9. The Morgan fingerprint density at radius 1 is 1.26 bits per heavy atom. The molecule has 19 heavy (non-hydrogen) atoms. The lowest BCUT2D eigenvalue weighted by molar-refractivity contribution is -0.137. The number of nitrogens with one attached hydrogen (secondary N) is 1. The molecule has 0 heterocycles. The van der Waals surface area contributed by atoms with Crippen LogP contribution in [0, 0.1) is 17.8 Å². The summed E-state index contributed by atoms with van der Waals surface area (Å²) in [6, 6.07) is 0.00197. The lowest BCUT2D eigenvalue weighted by Gasteiger charge is -2.36. The molecule has 1 aliphatic carbocycles. The number of carbonyl (C=O) groups excluding carboxylic acids is 1. The third-order valence-corrected chi connectivity index (χ3v) is 3.96. The molecule has 3 N–H and O–H groups in total. The quantitative estimate of drug-likeness (QED) is 0.777. The first kappa shape index (κ1) is 16.3. The van der Waals surface area contributed by atoms with Crippen molar-refractivity contribution in [1.82, 2.24) is 5.32 Å². The molecule has 112 valence electrons. The van der Waals surface area contributed by atoms with E-state index in [0.717, 1.165) is 6.42 Å². The van der Waals surface area contributed by atoms with Gasteiger partial charge in [-0.25, -0.2) is 0 Å². The first-order valence-corrected chi connectivity index (χ1v) is 6.80. The average Bonchev–Trinajstić information content (AvgIpc) is 2.28. The lowest BCUT2D eigenvalue weighted by atomic mass is 9.72. The maximum Gasteiger partial charge on any atom is 0.389 e. The summed E-state index contributed by atoms with van der Waals surface area (Å²) < 4.78 is 35.9. The minimum atomic E-state index is -4.15. The van der Waals surface area contributed by atoms with E-state index >= 15 is 0 Å².